The minimum Gasteiger partial charge on any atom is -0.311 e. The van der Waals surface area contributed by atoms with Crippen LogP contribution in [-0.4, -0.2) is 39.9 Å². The number of benzene rings is 2. The summed E-state index contributed by atoms with van der Waals surface area (Å²) in [6.45, 7) is 5.54. The van der Waals surface area contributed by atoms with Crippen molar-refractivity contribution >= 4 is 22.5 Å². The number of nitrogens with zero attached hydrogens (tertiary/aromatic N) is 3. The lowest BCUT2D eigenvalue weighted by Crippen LogP contribution is -2.45. The number of amides is 1. The molecule has 0 saturated carbocycles. The molecule has 4 rings (SSSR count). The molecule has 3 aromatic rings. The highest BCUT2D eigenvalue weighted by Crippen LogP contribution is 2.27. The Labute approximate surface area is 170 Å². The summed E-state index contributed by atoms with van der Waals surface area (Å²) in [7, 11) is 0. The molecule has 150 valence electrons. The molecule has 1 N–H and O–H groups in total. The van der Waals surface area contributed by atoms with E-state index >= 15 is 0 Å². The number of rotatable bonds is 5. The molecule has 6 nitrogen and oxygen atoms in total. The summed E-state index contributed by atoms with van der Waals surface area (Å²) in [5.74, 6) is 0.656. The number of carbonyl (C=O) groups excluding carboxylic acids is 1. The number of aromatic nitrogens is 2. The molecular formula is C23H26N4O2. The van der Waals surface area contributed by atoms with E-state index in [2.05, 4.69) is 29.9 Å². The first-order valence-electron chi connectivity index (χ1n) is 10.1. The van der Waals surface area contributed by atoms with E-state index in [0.29, 0.717) is 23.3 Å². The molecular weight excluding hydrogens is 364 g/mol. The molecule has 6 heteroatoms. The topological polar surface area (TPSA) is 69.3 Å². The van der Waals surface area contributed by atoms with Crippen LogP contribution in [0.4, 0.5) is 5.69 Å². The molecule has 1 aliphatic heterocycles. The summed E-state index contributed by atoms with van der Waals surface area (Å²) >= 11 is 0. The fraction of sp³-hybridized carbons (Fsp3) is 0.348. The third kappa shape index (κ3) is 4.07. The predicted octanol–water partition coefficient (Wildman–Crippen LogP) is 3.11. The van der Waals surface area contributed by atoms with Crippen LogP contribution < -0.4 is 10.5 Å². The van der Waals surface area contributed by atoms with Crippen molar-refractivity contribution in [2.24, 2.45) is 0 Å². The van der Waals surface area contributed by atoms with Crippen molar-refractivity contribution in [3.63, 3.8) is 0 Å². The van der Waals surface area contributed by atoms with Crippen molar-refractivity contribution < 1.29 is 4.79 Å². The molecule has 1 aromatic heterocycles. The Morgan fingerprint density at radius 3 is 2.76 bits per heavy atom. The van der Waals surface area contributed by atoms with E-state index in [1.165, 1.54) is 5.56 Å². The fourth-order valence-electron chi connectivity index (χ4n) is 3.87. The SMILES string of the molecule is CC(C)N(CC(=O)N1CCCc2ccccc21)Cc1nc2ccccc2c(=O)[nH]1. The first-order chi connectivity index (χ1) is 14.0. The minimum absolute atomic E-state index is 0.0778. The van der Waals surface area contributed by atoms with Gasteiger partial charge in [0.05, 0.1) is 24.0 Å². The van der Waals surface area contributed by atoms with Gasteiger partial charge in [0, 0.05) is 18.3 Å². The number of hydrogen-bond donors (Lipinski definition) is 1. The quantitative estimate of drug-likeness (QED) is 0.727. The summed E-state index contributed by atoms with van der Waals surface area (Å²) in [5.41, 5.74) is 2.77. The normalized spacial score (nSPS) is 13.9. The lowest BCUT2D eigenvalue weighted by atomic mass is 10.0. The lowest BCUT2D eigenvalue weighted by Gasteiger charge is -2.33. The highest BCUT2D eigenvalue weighted by molar-refractivity contribution is 5.96. The maximum atomic E-state index is 13.1. The van der Waals surface area contributed by atoms with Gasteiger partial charge in [-0.2, -0.15) is 0 Å². The third-order valence-corrected chi connectivity index (χ3v) is 5.49. The number of para-hydroxylation sites is 2. The molecule has 0 fully saturated rings. The molecule has 2 aromatic carbocycles. The van der Waals surface area contributed by atoms with Gasteiger partial charge >= 0.3 is 0 Å². The van der Waals surface area contributed by atoms with E-state index in [-0.39, 0.29) is 24.1 Å². The Morgan fingerprint density at radius 1 is 1.17 bits per heavy atom. The molecule has 1 aliphatic rings. The molecule has 1 amide bonds. The number of anilines is 1. The molecule has 0 aliphatic carbocycles. The largest absolute Gasteiger partial charge is 0.311 e. The molecule has 29 heavy (non-hydrogen) atoms. The zero-order valence-corrected chi connectivity index (χ0v) is 16.9. The van der Waals surface area contributed by atoms with Crippen LogP contribution in [0.3, 0.4) is 0 Å². The highest BCUT2D eigenvalue weighted by atomic mass is 16.2. The Kier molecular flexibility index (Phi) is 5.45. The van der Waals surface area contributed by atoms with Crippen LogP contribution in [0.5, 0.6) is 0 Å². The number of carbonyl (C=O) groups is 1. The van der Waals surface area contributed by atoms with E-state index in [1.54, 1.807) is 6.07 Å². The molecule has 0 spiro atoms. The van der Waals surface area contributed by atoms with E-state index in [1.807, 2.05) is 46.2 Å². The van der Waals surface area contributed by atoms with Gasteiger partial charge in [-0.05, 0) is 50.5 Å². The highest BCUT2D eigenvalue weighted by Gasteiger charge is 2.25. The van der Waals surface area contributed by atoms with Crippen LogP contribution in [0, 0.1) is 0 Å². The number of fused-ring (bicyclic) bond motifs is 2. The van der Waals surface area contributed by atoms with Crippen LogP contribution >= 0.6 is 0 Å². The maximum absolute atomic E-state index is 13.1. The second-order valence-corrected chi connectivity index (χ2v) is 7.81. The molecule has 0 bridgehead atoms. The van der Waals surface area contributed by atoms with Gasteiger partial charge in [-0.15, -0.1) is 0 Å². The average molecular weight is 390 g/mol. The zero-order valence-electron chi connectivity index (χ0n) is 16.9. The van der Waals surface area contributed by atoms with Crippen molar-refractivity contribution in [1.29, 1.82) is 0 Å². The molecule has 0 unspecified atom stereocenters. The van der Waals surface area contributed by atoms with Gasteiger partial charge in [-0.25, -0.2) is 4.98 Å². The van der Waals surface area contributed by atoms with Gasteiger partial charge in [0.25, 0.3) is 5.56 Å². The van der Waals surface area contributed by atoms with Gasteiger partial charge < -0.3 is 9.88 Å². The zero-order chi connectivity index (χ0) is 20.4. The number of hydrogen-bond acceptors (Lipinski definition) is 4. The summed E-state index contributed by atoms with van der Waals surface area (Å²) in [4.78, 5) is 36.9. The molecule has 0 radical (unpaired) electrons. The molecule has 0 saturated heterocycles. The van der Waals surface area contributed by atoms with Crippen molar-refractivity contribution in [3.8, 4) is 0 Å². The van der Waals surface area contributed by atoms with Gasteiger partial charge in [-0.3, -0.25) is 14.5 Å². The minimum atomic E-state index is -0.148. The van der Waals surface area contributed by atoms with Crippen LogP contribution in [-0.2, 0) is 17.8 Å². The second-order valence-electron chi connectivity index (χ2n) is 7.81. The van der Waals surface area contributed by atoms with Crippen molar-refractivity contribution in [2.45, 2.75) is 39.3 Å². The monoisotopic (exact) mass is 390 g/mol. The van der Waals surface area contributed by atoms with Crippen LogP contribution in [0.15, 0.2) is 53.3 Å². The number of H-pyrrole nitrogens is 1. The maximum Gasteiger partial charge on any atom is 0.258 e. The molecule has 0 atom stereocenters. The molecule has 2 heterocycles. The Bertz CT molecular complexity index is 1090. The predicted molar refractivity (Wildman–Crippen MR) is 115 cm³/mol. The fourth-order valence-corrected chi connectivity index (χ4v) is 3.87. The smallest absolute Gasteiger partial charge is 0.258 e. The first-order valence-corrected chi connectivity index (χ1v) is 10.1. The first kappa shape index (κ1) is 19.3. The number of aryl methyl sites for hydroxylation is 1. The lowest BCUT2D eigenvalue weighted by molar-refractivity contribution is -0.120. The summed E-state index contributed by atoms with van der Waals surface area (Å²) < 4.78 is 0. The van der Waals surface area contributed by atoms with E-state index < -0.39 is 0 Å². The standard InChI is InChI=1S/C23H26N4O2/c1-16(2)26(14-21-24-19-11-5-4-10-18(19)23(29)25-21)15-22(28)27-13-7-9-17-8-3-6-12-20(17)27/h3-6,8,10-12,16H,7,9,13-15H2,1-2H3,(H,24,25,29). The third-order valence-electron chi connectivity index (χ3n) is 5.49. The Balaban J connectivity index is 1.55. The van der Waals surface area contributed by atoms with Crippen molar-refractivity contribution in [2.75, 3.05) is 18.0 Å². The van der Waals surface area contributed by atoms with Gasteiger partial charge in [-0.1, -0.05) is 30.3 Å². The van der Waals surface area contributed by atoms with Gasteiger partial charge in [0.1, 0.15) is 5.82 Å². The summed E-state index contributed by atoms with van der Waals surface area (Å²) in [5, 5.41) is 0.577. The Hall–Kier alpha value is -2.99. The van der Waals surface area contributed by atoms with E-state index in [9.17, 15) is 9.59 Å². The van der Waals surface area contributed by atoms with E-state index in [0.717, 1.165) is 25.1 Å². The average Bonchev–Trinajstić information content (AvgIpc) is 2.72. The summed E-state index contributed by atoms with van der Waals surface area (Å²) in [6, 6.07) is 15.6. The Morgan fingerprint density at radius 2 is 1.93 bits per heavy atom. The second kappa shape index (κ2) is 8.17. The van der Waals surface area contributed by atoms with Crippen LogP contribution in [0.25, 0.3) is 10.9 Å². The van der Waals surface area contributed by atoms with Crippen LogP contribution in [0.2, 0.25) is 0 Å². The van der Waals surface area contributed by atoms with Gasteiger partial charge in [0.2, 0.25) is 5.91 Å². The van der Waals surface area contributed by atoms with Crippen LogP contribution in [0.1, 0.15) is 31.7 Å². The number of aromatic amines is 1. The summed E-state index contributed by atoms with van der Waals surface area (Å²) in [6.07, 6.45) is 1.99. The van der Waals surface area contributed by atoms with Gasteiger partial charge in [0.15, 0.2) is 0 Å². The van der Waals surface area contributed by atoms with Crippen molar-refractivity contribution in [1.82, 2.24) is 14.9 Å². The number of nitrogens with one attached hydrogen (secondary N) is 1. The van der Waals surface area contributed by atoms with Crippen molar-refractivity contribution in [3.05, 3.63) is 70.3 Å². The van der Waals surface area contributed by atoms with E-state index in [4.69, 9.17) is 0 Å².